The lowest BCUT2D eigenvalue weighted by atomic mass is 10.1. The normalized spacial score (nSPS) is 31.6. The SMILES string of the molecule is CC1OCCC1n1c(C2CC2)nc2c1CCNC2. The molecular weight excluding hydrogens is 226 g/mol. The molecule has 0 aromatic carbocycles. The molecule has 2 unspecified atom stereocenters. The molecule has 3 heterocycles. The molecule has 1 saturated heterocycles. The molecule has 2 aliphatic heterocycles. The molecule has 0 amide bonds. The molecule has 4 nitrogen and oxygen atoms in total. The van der Waals surface area contributed by atoms with Crippen LogP contribution in [0.15, 0.2) is 0 Å². The van der Waals surface area contributed by atoms with E-state index in [1.54, 1.807) is 0 Å². The molecule has 4 heteroatoms. The van der Waals surface area contributed by atoms with Crippen molar-refractivity contribution in [2.45, 2.75) is 57.2 Å². The molecule has 1 aromatic heterocycles. The lowest BCUT2D eigenvalue weighted by Crippen LogP contribution is -2.27. The molecule has 0 spiro atoms. The van der Waals surface area contributed by atoms with E-state index in [0.717, 1.165) is 38.5 Å². The summed E-state index contributed by atoms with van der Waals surface area (Å²) in [5.74, 6) is 2.08. The van der Waals surface area contributed by atoms with Crippen LogP contribution in [0.2, 0.25) is 0 Å². The van der Waals surface area contributed by atoms with Crippen molar-refractivity contribution in [1.29, 1.82) is 0 Å². The monoisotopic (exact) mass is 247 g/mol. The number of fused-ring (bicyclic) bond motifs is 1. The summed E-state index contributed by atoms with van der Waals surface area (Å²) in [6, 6.07) is 0.523. The highest BCUT2D eigenvalue weighted by atomic mass is 16.5. The number of nitrogens with one attached hydrogen (secondary N) is 1. The zero-order valence-electron chi connectivity index (χ0n) is 11.0. The lowest BCUT2D eigenvalue weighted by Gasteiger charge is -2.23. The number of nitrogens with zero attached hydrogens (tertiary/aromatic N) is 2. The second-order valence-electron chi connectivity index (χ2n) is 5.87. The van der Waals surface area contributed by atoms with Gasteiger partial charge in [-0.05, 0) is 26.2 Å². The molecule has 2 atom stereocenters. The Morgan fingerprint density at radius 2 is 2.22 bits per heavy atom. The van der Waals surface area contributed by atoms with Gasteiger partial charge in [0.1, 0.15) is 5.82 Å². The molecule has 4 rings (SSSR count). The van der Waals surface area contributed by atoms with Crippen molar-refractivity contribution in [2.24, 2.45) is 0 Å². The summed E-state index contributed by atoms with van der Waals surface area (Å²) in [5, 5.41) is 3.44. The second kappa shape index (κ2) is 4.07. The van der Waals surface area contributed by atoms with Gasteiger partial charge in [-0.25, -0.2) is 4.98 Å². The van der Waals surface area contributed by atoms with Crippen LogP contribution < -0.4 is 5.32 Å². The standard InChI is InChI=1S/C14H21N3O/c1-9-12(5-7-18-9)17-13-4-6-15-8-11(13)16-14(17)10-2-3-10/h9-10,12,15H,2-8H2,1H3. The molecule has 0 radical (unpaired) electrons. The van der Waals surface area contributed by atoms with Crippen LogP contribution >= 0.6 is 0 Å². The van der Waals surface area contributed by atoms with Gasteiger partial charge in [0.15, 0.2) is 0 Å². The third-order valence-electron chi connectivity index (χ3n) is 4.56. The van der Waals surface area contributed by atoms with Gasteiger partial charge >= 0.3 is 0 Å². The van der Waals surface area contributed by atoms with Crippen molar-refractivity contribution in [1.82, 2.24) is 14.9 Å². The van der Waals surface area contributed by atoms with E-state index in [4.69, 9.17) is 9.72 Å². The highest BCUT2D eigenvalue weighted by Gasteiger charge is 2.37. The Balaban J connectivity index is 1.80. The maximum atomic E-state index is 5.77. The van der Waals surface area contributed by atoms with Gasteiger partial charge in [-0.2, -0.15) is 0 Å². The van der Waals surface area contributed by atoms with Crippen LogP contribution in [-0.4, -0.2) is 28.8 Å². The van der Waals surface area contributed by atoms with Crippen LogP contribution in [0.5, 0.6) is 0 Å². The van der Waals surface area contributed by atoms with Crippen molar-refractivity contribution in [3.8, 4) is 0 Å². The zero-order valence-corrected chi connectivity index (χ0v) is 11.0. The van der Waals surface area contributed by atoms with E-state index < -0.39 is 0 Å². The Hall–Kier alpha value is -0.870. The van der Waals surface area contributed by atoms with E-state index in [2.05, 4.69) is 16.8 Å². The molecule has 1 N–H and O–H groups in total. The molecule has 18 heavy (non-hydrogen) atoms. The average molecular weight is 247 g/mol. The summed E-state index contributed by atoms with van der Waals surface area (Å²) in [6.45, 7) is 5.15. The van der Waals surface area contributed by atoms with Gasteiger partial charge in [0.05, 0.1) is 17.8 Å². The Labute approximate surface area is 108 Å². The predicted molar refractivity (Wildman–Crippen MR) is 68.7 cm³/mol. The van der Waals surface area contributed by atoms with E-state index in [1.807, 2.05) is 0 Å². The third-order valence-corrected chi connectivity index (χ3v) is 4.56. The molecular formula is C14H21N3O. The topological polar surface area (TPSA) is 39.1 Å². The smallest absolute Gasteiger partial charge is 0.112 e. The summed E-state index contributed by atoms with van der Waals surface area (Å²) in [7, 11) is 0. The fourth-order valence-corrected chi connectivity index (χ4v) is 3.41. The van der Waals surface area contributed by atoms with Crippen LogP contribution in [0.1, 0.15) is 55.4 Å². The highest BCUT2D eigenvalue weighted by Crippen LogP contribution is 2.43. The first kappa shape index (κ1) is 11.0. The molecule has 2 fully saturated rings. The van der Waals surface area contributed by atoms with Gasteiger partial charge < -0.3 is 14.6 Å². The van der Waals surface area contributed by atoms with Gasteiger partial charge in [-0.1, -0.05) is 0 Å². The van der Waals surface area contributed by atoms with Crippen LogP contribution in [0.25, 0.3) is 0 Å². The minimum absolute atomic E-state index is 0.343. The van der Waals surface area contributed by atoms with E-state index >= 15 is 0 Å². The maximum Gasteiger partial charge on any atom is 0.112 e. The third kappa shape index (κ3) is 1.62. The molecule has 1 saturated carbocycles. The number of hydrogen-bond donors (Lipinski definition) is 1. The van der Waals surface area contributed by atoms with Crippen molar-refractivity contribution in [2.75, 3.05) is 13.2 Å². The number of imidazole rings is 1. The molecule has 98 valence electrons. The lowest BCUT2D eigenvalue weighted by molar-refractivity contribution is 0.106. The first-order chi connectivity index (χ1) is 8.84. The van der Waals surface area contributed by atoms with Gasteiger partial charge in [-0.3, -0.25) is 0 Å². The number of aromatic nitrogens is 2. The Kier molecular flexibility index (Phi) is 2.49. The summed E-state index contributed by atoms with van der Waals surface area (Å²) >= 11 is 0. The fraction of sp³-hybridized carbons (Fsp3) is 0.786. The summed E-state index contributed by atoms with van der Waals surface area (Å²) in [5.41, 5.74) is 2.78. The quantitative estimate of drug-likeness (QED) is 0.865. The van der Waals surface area contributed by atoms with E-state index in [1.165, 1.54) is 30.1 Å². The van der Waals surface area contributed by atoms with Crippen molar-refractivity contribution < 1.29 is 4.74 Å². The van der Waals surface area contributed by atoms with E-state index in [9.17, 15) is 0 Å². The number of rotatable bonds is 2. The predicted octanol–water partition coefficient (Wildman–Crippen LogP) is 1.76. The van der Waals surface area contributed by atoms with E-state index in [0.29, 0.717) is 12.1 Å². The highest BCUT2D eigenvalue weighted by molar-refractivity contribution is 5.25. The zero-order chi connectivity index (χ0) is 12.1. The largest absolute Gasteiger partial charge is 0.376 e. The number of ether oxygens (including phenoxy) is 1. The van der Waals surface area contributed by atoms with Gasteiger partial charge in [0, 0.05) is 37.7 Å². The summed E-state index contributed by atoms with van der Waals surface area (Å²) in [4.78, 5) is 4.94. The minimum atomic E-state index is 0.343. The van der Waals surface area contributed by atoms with Crippen LogP contribution in [0.3, 0.4) is 0 Å². The Morgan fingerprint density at radius 3 is 2.94 bits per heavy atom. The summed E-state index contributed by atoms with van der Waals surface area (Å²) in [6.07, 6.45) is 5.27. The molecule has 1 aromatic rings. The summed E-state index contributed by atoms with van der Waals surface area (Å²) < 4.78 is 8.33. The van der Waals surface area contributed by atoms with Crippen LogP contribution in [-0.2, 0) is 17.7 Å². The minimum Gasteiger partial charge on any atom is -0.376 e. The van der Waals surface area contributed by atoms with Gasteiger partial charge in [-0.15, -0.1) is 0 Å². The number of hydrogen-bond acceptors (Lipinski definition) is 3. The Morgan fingerprint density at radius 1 is 1.33 bits per heavy atom. The van der Waals surface area contributed by atoms with Gasteiger partial charge in [0.2, 0.25) is 0 Å². The van der Waals surface area contributed by atoms with Crippen LogP contribution in [0.4, 0.5) is 0 Å². The van der Waals surface area contributed by atoms with Crippen LogP contribution in [0, 0.1) is 0 Å². The van der Waals surface area contributed by atoms with Gasteiger partial charge in [0.25, 0.3) is 0 Å². The average Bonchev–Trinajstić information content (AvgIpc) is 3.04. The first-order valence-corrected chi connectivity index (χ1v) is 7.27. The maximum absolute atomic E-state index is 5.77. The molecule has 0 bridgehead atoms. The van der Waals surface area contributed by atoms with Crippen molar-refractivity contribution in [3.63, 3.8) is 0 Å². The molecule has 3 aliphatic rings. The van der Waals surface area contributed by atoms with Crippen molar-refractivity contribution in [3.05, 3.63) is 17.2 Å². The first-order valence-electron chi connectivity index (χ1n) is 7.27. The van der Waals surface area contributed by atoms with Crippen molar-refractivity contribution >= 4 is 0 Å². The fourth-order valence-electron chi connectivity index (χ4n) is 3.41. The van der Waals surface area contributed by atoms with E-state index in [-0.39, 0.29) is 0 Å². The Bertz CT molecular complexity index is 464. The molecule has 1 aliphatic carbocycles. The second-order valence-corrected chi connectivity index (χ2v) is 5.87.